The van der Waals surface area contributed by atoms with E-state index in [1.807, 2.05) is 0 Å². The molecule has 21 heavy (non-hydrogen) atoms. The first-order chi connectivity index (χ1) is 10.3. The minimum atomic E-state index is -0.0688. The molecule has 0 saturated heterocycles. The zero-order valence-corrected chi connectivity index (χ0v) is 14.4. The molecule has 0 fully saturated rings. The summed E-state index contributed by atoms with van der Waals surface area (Å²) in [4.78, 5) is 10.9. The lowest BCUT2D eigenvalue weighted by Gasteiger charge is -2.03. The van der Waals surface area contributed by atoms with E-state index in [0.717, 1.165) is 6.42 Å². The highest BCUT2D eigenvalue weighted by molar-refractivity contribution is 5.68. The molecule has 0 aromatic heterocycles. The van der Waals surface area contributed by atoms with Gasteiger partial charge in [0, 0.05) is 6.42 Å². The molecule has 2 nitrogen and oxygen atoms in total. The summed E-state index contributed by atoms with van der Waals surface area (Å²) in [7, 11) is 1.46. The lowest BCUT2D eigenvalue weighted by Crippen LogP contribution is -1.99. The number of methoxy groups -OCH3 is 1. The van der Waals surface area contributed by atoms with E-state index >= 15 is 0 Å². The van der Waals surface area contributed by atoms with Crippen LogP contribution in [-0.4, -0.2) is 13.1 Å². The lowest BCUT2D eigenvalue weighted by atomic mass is 10.0. The summed E-state index contributed by atoms with van der Waals surface area (Å²) in [6.07, 6.45) is 22.1. The third kappa shape index (κ3) is 17.2. The largest absolute Gasteiger partial charge is 0.469 e. The second-order valence-corrected chi connectivity index (χ2v) is 5.93. The van der Waals surface area contributed by atoms with E-state index in [2.05, 4.69) is 23.8 Å². The molecule has 0 heterocycles. The van der Waals surface area contributed by atoms with Gasteiger partial charge in [0.2, 0.25) is 0 Å². The predicted molar refractivity (Wildman–Crippen MR) is 91.5 cm³/mol. The van der Waals surface area contributed by atoms with Gasteiger partial charge < -0.3 is 4.74 Å². The van der Waals surface area contributed by atoms with Crippen molar-refractivity contribution >= 4 is 5.97 Å². The molecule has 0 spiro atoms. The summed E-state index contributed by atoms with van der Waals surface area (Å²) in [6.45, 7) is 2.10. The van der Waals surface area contributed by atoms with Crippen molar-refractivity contribution in [2.45, 2.75) is 96.8 Å². The molecule has 0 bridgehead atoms. The van der Waals surface area contributed by atoms with Crippen LogP contribution in [0, 0.1) is 0 Å². The Balaban J connectivity index is 3.01. The fraction of sp³-hybridized carbons (Fsp3) is 0.842. The Kier molecular flexibility index (Phi) is 16.6. The first kappa shape index (κ1) is 20.2. The monoisotopic (exact) mass is 296 g/mol. The summed E-state index contributed by atoms with van der Waals surface area (Å²) in [5.74, 6) is -0.0688. The number of rotatable bonds is 15. The molecular formula is C19H36O2. The Labute approximate surface area is 132 Å². The van der Waals surface area contributed by atoms with Crippen LogP contribution in [0.1, 0.15) is 96.8 Å². The molecule has 0 N–H and O–H groups in total. The molecule has 0 radical (unpaired) electrons. The standard InChI is InChI=1S/C19H36O2/c1-3-4-5-6-7-8-9-10-11-12-13-14-15-16-17-18-19(20)21-2/h3-4H,5-18H2,1-2H3/b4-3+. The average molecular weight is 296 g/mol. The highest BCUT2D eigenvalue weighted by Crippen LogP contribution is 2.13. The molecule has 0 amide bonds. The van der Waals surface area contributed by atoms with E-state index in [1.165, 1.54) is 84.2 Å². The third-order valence-electron chi connectivity index (χ3n) is 3.97. The Bertz CT molecular complexity index is 246. The molecule has 0 aliphatic rings. The maximum Gasteiger partial charge on any atom is 0.305 e. The zero-order chi connectivity index (χ0) is 15.6. The van der Waals surface area contributed by atoms with Gasteiger partial charge in [0.05, 0.1) is 7.11 Å². The van der Waals surface area contributed by atoms with E-state index in [9.17, 15) is 4.79 Å². The molecule has 0 saturated carbocycles. The first-order valence-corrected chi connectivity index (χ1v) is 8.99. The Morgan fingerprint density at radius 1 is 0.762 bits per heavy atom. The van der Waals surface area contributed by atoms with Crippen LogP contribution in [0.15, 0.2) is 12.2 Å². The summed E-state index contributed by atoms with van der Waals surface area (Å²) in [5, 5.41) is 0. The van der Waals surface area contributed by atoms with E-state index in [0.29, 0.717) is 6.42 Å². The maximum absolute atomic E-state index is 10.9. The number of allylic oxidation sites excluding steroid dienone is 2. The molecule has 0 atom stereocenters. The van der Waals surface area contributed by atoms with Gasteiger partial charge in [-0.25, -0.2) is 0 Å². The maximum atomic E-state index is 10.9. The van der Waals surface area contributed by atoms with Gasteiger partial charge in [-0.15, -0.1) is 0 Å². The van der Waals surface area contributed by atoms with Crippen LogP contribution in [0.2, 0.25) is 0 Å². The van der Waals surface area contributed by atoms with E-state index in [4.69, 9.17) is 0 Å². The topological polar surface area (TPSA) is 26.3 Å². The van der Waals surface area contributed by atoms with E-state index in [-0.39, 0.29) is 5.97 Å². The fourth-order valence-electron chi connectivity index (χ4n) is 2.57. The number of esters is 1. The summed E-state index contributed by atoms with van der Waals surface area (Å²) in [5.41, 5.74) is 0. The zero-order valence-electron chi connectivity index (χ0n) is 14.4. The van der Waals surface area contributed by atoms with Gasteiger partial charge in [0.25, 0.3) is 0 Å². The number of hydrogen-bond donors (Lipinski definition) is 0. The third-order valence-corrected chi connectivity index (χ3v) is 3.97. The van der Waals surface area contributed by atoms with Crippen molar-refractivity contribution < 1.29 is 9.53 Å². The van der Waals surface area contributed by atoms with E-state index in [1.54, 1.807) is 0 Å². The summed E-state index contributed by atoms with van der Waals surface area (Å²) >= 11 is 0. The van der Waals surface area contributed by atoms with Gasteiger partial charge in [-0.2, -0.15) is 0 Å². The molecular weight excluding hydrogens is 260 g/mol. The molecule has 0 unspecified atom stereocenters. The second kappa shape index (κ2) is 17.3. The van der Waals surface area contributed by atoms with Gasteiger partial charge in [-0.1, -0.05) is 76.4 Å². The van der Waals surface area contributed by atoms with Crippen LogP contribution in [0.3, 0.4) is 0 Å². The van der Waals surface area contributed by atoms with Gasteiger partial charge in [-0.05, 0) is 26.2 Å². The van der Waals surface area contributed by atoms with Crippen LogP contribution in [0.4, 0.5) is 0 Å². The van der Waals surface area contributed by atoms with Crippen molar-refractivity contribution in [2.75, 3.05) is 7.11 Å². The first-order valence-electron chi connectivity index (χ1n) is 8.99. The number of carbonyl (C=O) groups is 1. The van der Waals surface area contributed by atoms with Crippen molar-refractivity contribution in [1.29, 1.82) is 0 Å². The van der Waals surface area contributed by atoms with Crippen LogP contribution < -0.4 is 0 Å². The molecule has 0 aliphatic heterocycles. The molecule has 0 aromatic rings. The molecule has 0 aromatic carbocycles. The van der Waals surface area contributed by atoms with Gasteiger partial charge in [-0.3, -0.25) is 4.79 Å². The van der Waals surface area contributed by atoms with Crippen molar-refractivity contribution in [3.05, 3.63) is 12.2 Å². The number of unbranched alkanes of at least 4 members (excludes halogenated alkanes) is 12. The molecule has 0 aliphatic carbocycles. The molecule has 2 heteroatoms. The van der Waals surface area contributed by atoms with Crippen LogP contribution >= 0.6 is 0 Å². The Morgan fingerprint density at radius 3 is 1.62 bits per heavy atom. The Morgan fingerprint density at radius 2 is 1.19 bits per heavy atom. The van der Waals surface area contributed by atoms with Gasteiger partial charge >= 0.3 is 5.97 Å². The SMILES string of the molecule is C/C=C/CCCCCCCCCCCCCCC(=O)OC. The average Bonchev–Trinajstić information content (AvgIpc) is 2.50. The van der Waals surface area contributed by atoms with Crippen LogP contribution in [0.5, 0.6) is 0 Å². The Hall–Kier alpha value is -0.790. The van der Waals surface area contributed by atoms with Crippen LogP contribution in [-0.2, 0) is 9.53 Å². The molecule has 0 rings (SSSR count). The van der Waals surface area contributed by atoms with Crippen molar-refractivity contribution in [3.63, 3.8) is 0 Å². The minimum absolute atomic E-state index is 0.0688. The van der Waals surface area contributed by atoms with Gasteiger partial charge in [0.1, 0.15) is 0 Å². The minimum Gasteiger partial charge on any atom is -0.469 e. The molecule has 124 valence electrons. The lowest BCUT2D eigenvalue weighted by molar-refractivity contribution is -0.140. The highest BCUT2D eigenvalue weighted by Gasteiger charge is 1.99. The van der Waals surface area contributed by atoms with E-state index < -0.39 is 0 Å². The van der Waals surface area contributed by atoms with Crippen LogP contribution in [0.25, 0.3) is 0 Å². The fourth-order valence-corrected chi connectivity index (χ4v) is 2.57. The predicted octanol–water partition coefficient (Wildman–Crippen LogP) is 6.20. The summed E-state index contributed by atoms with van der Waals surface area (Å²) < 4.78 is 4.63. The van der Waals surface area contributed by atoms with Crippen molar-refractivity contribution in [2.24, 2.45) is 0 Å². The highest BCUT2D eigenvalue weighted by atomic mass is 16.5. The smallest absolute Gasteiger partial charge is 0.305 e. The number of ether oxygens (including phenoxy) is 1. The van der Waals surface area contributed by atoms with Crippen molar-refractivity contribution in [1.82, 2.24) is 0 Å². The normalized spacial score (nSPS) is 11.1. The second-order valence-electron chi connectivity index (χ2n) is 5.93. The number of carbonyl (C=O) groups excluding carboxylic acids is 1. The summed E-state index contributed by atoms with van der Waals surface area (Å²) in [6, 6.07) is 0. The van der Waals surface area contributed by atoms with Crippen molar-refractivity contribution in [3.8, 4) is 0 Å². The quantitative estimate of drug-likeness (QED) is 0.204. The number of hydrogen-bond acceptors (Lipinski definition) is 2. The van der Waals surface area contributed by atoms with Gasteiger partial charge in [0.15, 0.2) is 0 Å².